The molecule has 0 radical (unpaired) electrons. The zero-order valence-corrected chi connectivity index (χ0v) is 19.6. The molecule has 2 N–H and O–H groups in total. The minimum Gasteiger partial charge on any atom is -0.490 e. The SMILES string of the molecule is O=C(COc1ccc(-c2ccccc2)cc1)NNC(=O)c1ccccc1OCCOc1ccccc1. The Kier molecular flexibility index (Phi) is 8.53. The lowest BCUT2D eigenvalue weighted by atomic mass is 10.1. The number of nitrogens with one attached hydrogen (secondary N) is 2. The van der Waals surface area contributed by atoms with Crippen molar-refractivity contribution in [1.82, 2.24) is 10.9 Å². The highest BCUT2D eigenvalue weighted by Gasteiger charge is 2.13. The Balaban J connectivity index is 1.21. The Hall–Kier alpha value is -4.78. The fourth-order valence-electron chi connectivity index (χ4n) is 3.36. The molecule has 0 aliphatic carbocycles. The molecule has 0 saturated carbocycles. The lowest BCUT2D eigenvalue weighted by Crippen LogP contribution is -2.44. The number of ether oxygens (including phenoxy) is 3. The standard InChI is InChI=1S/C29H26N2O5/c32-28(21-36-25-17-15-23(16-18-25)22-9-3-1-4-10-22)30-31-29(33)26-13-7-8-14-27(26)35-20-19-34-24-11-5-2-6-12-24/h1-18H,19-21H2,(H,30,32)(H,31,33). The molecule has 4 aromatic rings. The Labute approximate surface area is 209 Å². The summed E-state index contributed by atoms with van der Waals surface area (Å²) in [6.07, 6.45) is 0. The van der Waals surface area contributed by atoms with Gasteiger partial charge in [0, 0.05) is 0 Å². The summed E-state index contributed by atoms with van der Waals surface area (Å²) in [5.41, 5.74) is 7.18. The molecule has 2 amide bonds. The Morgan fingerprint density at radius 2 is 1.14 bits per heavy atom. The second-order valence-electron chi connectivity index (χ2n) is 7.69. The molecule has 0 aliphatic rings. The van der Waals surface area contributed by atoms with E-state index in [1.54, 1.807) is 36.4 Å². The minimum absolute atomic E-state index is 0.250. The van der Waals surface area contributed by atoms with Gasteiger partial charge in [0.15, 0.2) is 6.61 Å². The van der Waals surface area contributed by atoms with E-state index >= 15 is 0 Å². The van der Waals surface area contributed by atoms with Crippen molar-refractivity contribution >= 4 is 11.8 Å². The molecule has 182 valence electrons. The number of hydrogen-bond donors (Lipinski definition) is 2. The molecule has 7 nitrogen and oxygen atoms in total. The van der Waals surface area contributed by atoms with Gasteiger partial charge in [0.2, 0.25) is 0 Å². The lowest BCUT2D eigenvalue weighted by molar-refractivity contribution is -0.123. The van der Waals surface area contributed by atoms with Crippen molar-refractivity contribution in [3.63, 3.8) is 0 Å². The zero-order chi connectivity index (χ0) is 25.0. The molecular formula is C29H26N2O5. The van der Waals surface area contributed by atoms with E-state index in [-0.39, 0.29) is 18.8 Å². The van der Waals surface area contributed by atoms with Gasteiger partial charge < -0.3 is 14.2 Å². The van der Waals surface area contributed by atoms with Gasteiger partial charge in [0.05, 0.1) is 5.56 Å². The molecule has 7 heteroatoms. The van der Waals surface area contributed by atoms with Crippen LogP contribution in [0.3, 0.4) is 0 Å². The van der Waals surface area contributed by atoms with Crippen molar-refractivity contribution in [2.45, 2.75) is 0 Å². The number of carbonyl (C=O) groups excluding carboxylic acids is 2. The summed E-state index contributed by atoms with van der Waals surface area (Å²) in [6.45, 7) is 0.322. The molecule has 0 heterocycles. The van der Waals surface area contributed by atoms with Gasteiger partial charge in [-0.1, -0.05) is 72.8 Å². The molecule has 0 unspecified atom stereocenters. The maximum Gasteiger partial charge on any atom is 0.276 e. The summed E-state index contributed by atoms with van der Waals surface area (Å²) in [5.74, 6) is 0.674. The molecule has 0 spiro atoms. The van der Waals surface area contributed by atoms with E-state index in [0.29, 0.717) is 18.1 Å². The first-order chi connectivity index (χ1) is 17.7. The molecular weight excluding hydrogens is 456 g/mol. The smallest absolute Gasteiger partial charge is 0.276 e. The van der Waals surface area contributed by atoms with E-state index in [1.165, 1.54) is 0 Å². The van der Waals surface area contributed by atoms with Gasteiger partial charge in [-0.15, -0.1) is 0 Å². The summed E-state index contributed by atoms with van der Waals surface area (Å²) < 4.78 is 16.8. The second kappa shape index (κ2) is 12.6. The molecule has 4 rings (SSSR count). The molecule has 0 atom stereocenters. The highest BCUT2D eigenvalue weighted by atomic mass is 16.5. The Morgan fingerprint density at radius 3 is 1.89 bits per heavy atom. The number of carbonyl (C=O) groups is 2. The molecule has 0 aliphatic heterocycles. The van der Waals surface area contributed by atoms with Gasteiger partial charge in [-0.25, -0.2) is 0 Å². The first kappa shape index (κ1) is 24.3. The third-order valence-electron chi connectivity index (χ3n) is 5.13. The van der Waals surface area contributed by atoms with Gasteiger partial charge in [-0.05, 0) is 47.5 Å². The van der Waals surface area contributed by atoms with Crippen LogP contribution in [-0.2, 0) is 4.79 Å². The van der Waals surface area contributed by atoms with E-state index in [1.807, 2.05) is 72.8 Å². The van der Waals surface area contributed by atoms with Gasteiger partial charge in [0.1, 0.15) is 30.5 Å². The van der Waals surface area contributed by atoms with Gasteiger partial charge in [0.25, 0.3) is 11.8 Å². The van der Waals surface area contributed by atoms with E-state index in [4.69, 9.17) is 14.2 Å². The average Bonchev–Trinajstić information content (AvgIpc) is 2.94. The average molecular weight is 483 g/mol. The van der Waals surface area contributed by atoms with E-state index in [2.05, 4.69) is 10.9 Å². The fraction of sp³-hybridized carbons (Fsp3) is 0.103. The summed E-state index contributed by atoms with van der Waals surface area (Å²) in [5, 5.41) is 0. The van der Waals surface area contributed by atoms with E-state index < -0.39 is 11.8 Å². The highest BCUT2D eigenvalue weighted by Crippen LogP contribution is 2.22. The summed E-state index contributed by atoms with van der Waals surface area (Å²) in [4.78, 5) is 24.8. The third kappa shape index (κ3) is 7.11. The summed E-state index contributed by atoms with van der Waals surface area (Å²) in [7, 11) is 0. The van der Waals surface area contributed by atoms with E-state index in [9.17, 15) is 9.59 Å². The molecule has 36 heavy (non-hydrogen) atoms. The van der Waals surface area contributed by atoms with Crippen molar-refractivity contribution in [3.8, 4) is 28.4 Å². The van der Waals surface area contributed by atoms with Crippen LogP contribution in [0, 0.1) is 0 Å². The van der Waals surface area contributed by atoms with Crippen LogP contribution in [0.4, 0.5) is 0 Å². The predicted octanol–water partition coefficient (Wildman–Crippen LogP) is 4.65. The number of para-hydroxylation sites is 2. The molecule has 0 fully saturated rings. The predicted molar refractivity (Wildman–Crippen MR) is 137 cm³/mol. The minimum atomic E-state index is -0.504. The van der Waals surface area contributed by atoms with Crippen LogP contribution in [0.15, 0.2) is 109 Å². The van der Waals surface area contributed by atoms with Crippen molar-refractivity contribution in [2.24, 2.45) is 0 Å². The molecule has 0 saturated heterocycles. The number of hydrazine groups is 1. The Bertz CT molecular complexity index is 1260. The fourth-order valence-corrected chi connectivity index (χ4v) is 3.36. The lowest BCUT2D eigenvalue weighted by Gasteiger charge is -2.13. The van der Waals surface area contributed by atoms with Gasteiger partial charge in [-0.2, -0.15) is 0 Å². The summed E-state index contributed by atoms with van der Waals surface area (Å²) >= 11 is 0. The molecule has 0 bridgehead atoms. The number of amides is 2. The molecule has 4 aromatic carbocycles. The quantitative estimate of drug-likeness (QED) is 0.254. The Morgan fingerprint density at radius 1 is 0.556 bits per heavy atom. The second-order valence-corrected chi connectivity index (χ2v) is 7.69. The van der Waals surface area contributed by atoms with Gasteiger partial charge in [-0.3, -0.25) is 20.4 Å². The summed E-state index contributed by atoms with van der Waals surface area (Å²) in [6, 6.07) is 33.6. The van der Waals surface area contributed by atoms with Crippen LogP contribution >= 0.6 is 0 Å². The first-order valence-corrected chi connectivity index (χ1v) is 11.5. The first-order valence-electron chi connectivity index (χ1n) is 11.5. The third-order valence-corrected chi connectivity index (χ3v) is 5.13. The van der Waals surface area contributed by atoms with Crippen LogP contribution < -0.4 is 25.1 Å². The maximum atomic E-state index is 12.6. The van der Waals surface area contributed by atoms with Crippen molar-refractivity contribution in [1.29, 1.82) is 0 Å². The topological polar surface area (TPSA) is 85.9 Å². The maximum absolute atomic E-state index is 12.6. The zero-order valence-electron chi connectivity index (χ0n) is 19.6. The number of hydrogen-bond acceptors (Lipinski definition) is 5. The van der Waals surface area contributed by atoms with Crippen LogP contribution in [-0.4, -0.2) is 31.6 Å². The monoisotopic (exact) mass is 482 g/mol. The highest BCUT2D eigenvalue weighted by molar-refractivity contribution is 5.97. The van der Waals surface area contributed by atoms with Crippen LogP contribution in [0.5, 0.6) is 17.2 Å². The van der Waals surface area contributed by atoms with Crippen molar-refractivity contribution in [3.05, 3.63) is 115 Å². The molecule has 0 aromatic heterocycles. The van der Waals surface area contributed by atoms with Crippen LogP contribution in [0.25, 0.3) is 11.1 Å². The van der Waals surface area contributed by atoms with Gasteiger partial charge >= 0.3 is 0 Å². The number of benzene rings is 4. The largest absolute Gasteiger partial charge is 0.490 e. The normalized spacial score (nSPS) is 10.2. The van der Waals surface area contributed by atoms with Crippen LogP contribution in [0.2, 0.25) is 0 Å². The van der Waals surface area contributed by atoms with Crippen molar-refractivity contribution < 1.29 is 23.8 Å². The van der Waals surface area contributed by atoms with E-state index in [0.717, 1.165) is 16.9 Å². The van der Waals surface area contributed by atoms with Crippen LogP contribution in [0.1, 0.15) is 10.4 Å². The number of rotatable bonds is 10. The van der Waals surface area contributed by atoms with Crippen molar-refractivity contribution in [2.75, 3.05) is 19.8 Å².